The normalized spacial score (nSPS) is 10.8. The Labute approximate surface area is 162 Å². The summed E-state index contributed by atoms with van der Waals surface area (Å²) < 4.78 is 9.14. The van der Waals surface area contributed by atoms with Gasteiger partial charge >= 0.3 is 0 Å². The highest BCUT2D eigenvalue weighted by molar-refractivity contribution is 6.32. The summed E-state index contributed by atoms with van der Waals surface area (Å²) >= 11 is 6.11. The molecule has 8 heteroatoms. The van der Waals surface area contributed by atoms with Crippen molar-refractivity contribution in [3.8, 4) is 5.75 Å². The van der Waals surface area contributed by atoms with Gasteiger partial charge in [0.1, 0.15) is 11.4 Å². The van der Waals surface area contributed by atoms with Crippen LogP contribution in [0.2, 0.25) is 5.02 Å². The summed E-state index contributed by atoms with van der Waals surface area (Å²) in [5, 5.41) is 11.9. The van der Waals surface area contributed by atoms with Gasteiger partial charge in [0, 0.05) is 31.2 Å². The number of ether oxygens (including phenoxy) is 1. The molecule has 1 N–H and O–H groups in total. The second-order valence-corrected chi connectivity index (χ2v) is 6.66. The van der Waals surface area contributed by atoms with Crippen molar-refractivity contribution in [3.63, 3.8) is 0 Å². The first-order chi connectivity index (χ1) is 13.0. The fourth-order valence-corrected chi connectivity index (χ4v) is 2.74. The van der Waals surface area contributed by atoms with E-state index in [-0.39, 0.29) is 12.6 Å². The molecule has 0 radical (unpaired) electrons. The Bertz CT molecular complexity index is 918. The van der Waals surface area contributed by atoms with E-state index in [9.17, 15) is 4.79 Å². The van der Waals surface area contributed by atoms with Crippen molar-refractivity contribution < 1.29 is 9.53 Å². The van der Waals surface area contributed by atoms with Crippen molar-refractivity contribution in [1.29, 1.82) is 0 Å². The number of aryl methyl sites for hydroxylation is 3. The van der Waals surface area contributed by atoms with Crippen molar-refractivity contribution >= 4 is 17.5 Å². The number of carbonyl (C=O) groups is 1. The Morgan fingerprint density at radius 2 is 2.11 bits per heavy atom. The smallest absolute Gasteiger partial charge is 0.271 e. The van der Waals surface area contributed by atoms with Gasteiger partial charge < -0.3 is 10.1 Å². The molecule has 0 bridgehead atoms. The lowest BCUT2D eigenvalue weighted by Crippen LogP contribution is -2.26. The van der Waals surface area contributed by atoms with E-state index >= 15 is 0 Å². The number of hydrogen-bond acceptors (Lipinski definition) is 4. The molecule has 2 aromatic heterocycles. The molecule has 142 valence electrons. The highest BCUT2D eigenvalue weighted by Crippen LogP contribution is 2.25. The lowest BCUT2D eigenvalue weighted by Gasteiger charge is -2.08. The quantitative estimate of drug-likeness (QED) is 0.602. The van der Waals surface area contributed by atoms with Crippen LogP contribution in [0.4, 0.5) is 0 Å². The molecule has 0 unspecified atom stereocenters. The van der Waals surface area contributed by atoms with Gasteiger partial charge in [-0.15, -0.1) is 0 Å². The van der Waals surface area contributed by atoms with Gasteiger partial charge in [0.25, 0.3) is 5.91 Å². The van der Waals surface area contributed by atoms with Crippen LogP contribution >= 0.6 is 11.6 Å². The van der Waals surface area contributed by atoms with E-state index in [1.165, 1.54) is 0 Å². The maximum atomic E-state index is 12.2. The van der Waals surface area contributed by atoms with Crippen LogP contribution in [0.3, 0.4) is 0 Å². The van der Waals surface area contributed by atoms with Crippen LogP contribution in [0, 0.1) is 13.8 Å². The van der Waals surface area contributed by atoms with Crippen molar-refractivity contribution in [2.24, 2.45) is 0 Å². The Morgan fingerprint density at radius 3 is 2.89 bits per heavy atom. The maximum absolute atomic E-state index is 12.2. The SMILES string of the molecule is Cc1ccc(Cl)c(OCn2ccc(C(=O)NCCCn3nccc3C)n2)c1. The third kappa shape index (κ3) is 5.10. The summed E-state index contributed by atoms with van der Waals surface area (Å²) in [6.07, 6.45) is 4.27. The first kappa shape index (κ1) is 19.0. The summed E-state index contributed by atoms with van der Waals surface area (Å²) in [4.78, 5) is 12.2. The van der Waals surface area contributed by atoms with Gasteiger partial charge in [-0.2, -0.15) is 10.2 Å². The van der Waals surface area contributed by atoms with Gasteiger partial charge in [0.05, 0.1) is 5.02 Å². The highest BCUT2D eigenvalue weighted by Gasteiger charge is 2.10. The van der Waals surface area contributed by atoms with Gasteiger partial charge in [-0.05, 0) is 50.1 Å². The standard InChI is InChI=1S/C19H22ClN5O2/c1-14-4-5-16(20)18(12-14)27-13-24-11-7-17(23-24)19(26)21-8-3-10-25-15(2)6-9-22-25/h4-7,9,11-12H,3,8,10,13H2,1-2H3,(H,21,26). The molecule has 0 aliphatic heterocycles. The minimum atomic E-state index is -0.209. The van der Waals surface area contributed by atoms with Crippen LogP contribution in [-0.2, 0) is 13.3 Å². The topological polar surface area (TPSA) is 74.0 Å². The predicted molar refractivity (Wildman–Crippen MR) is 103 cm³/mol. The van der Waals surface area contributed by atoms with E-state index < -0.39 is 0 Å². The van der Waals surface area contributed by atoms with Crippen molar-refractivity contribution in [2.75, 3.05) is 6.54 Å². The van der Waals surface area contributed by atoms with Crippen LogP contribution < -0.4 is 10.1 Å². The van der Waals surface area contributed by atoms with E-state index in [0.29, 0.717) is 23.0 Å². The van der Waals surface area contributed by atoms with E-state index in [2.05, 4.69) is 15.5 Å². The molecule has 1 aromatic carbocycles. The lowest BCUT2D eigenvalue weighted by molar-refractivity contribution is 0.0945. The third-order valence-corrected chi connectivity index (χ3v) is 4.39. The third-order valence-electron chi connectivity index (χ3n) is 4.07. The first-order valence-corrected chi connectivity index (χ1v) is 9.10. The molecule has 27 heavy (non-hydrogen) atoms. The highest BCUT2D eigenvalue weighted by atomic mass is 35.5. The Kier molecular flexibility index (Phi) is 6.13. The molecule has 0 aliphatic carbocycles. The van der Waals surface area contributed by atoms with Crippen LogP contribution in [0.1, 0.15) is 28.2 Å². The zero-order valence-electron chi connectivity index (χ0n) is 15.4. The van der Waals surface area contributed by atoms with Crippen molar-refractivity contribution in [3.05, 3.63) is 64.7 Å². The summed E-state index contributed by atoms with van der Waals surface area (Å²) in [5.41, 5.74) is 2.51. The minimum absolute atomic E-state index is 0.176. The van der Waals surface area contributed by atoms with E-state index in [4.69, 9.17) is 16.3 Å². The van der Waals surface area contributed by atoms with Crippen molar-refractivity contribution in [1.82, 2.24) is 24.9 Å². The number of aromatic nitrogens is 4. The summed E-state index contributed by atoms with van der Waals surface area (Å²) in [6.45, 7) is 5.46. The van der Waals surface area contributed by atoms with Crippen molar-refractivity contribution in [2.45, 2.75) is 33.5 Å². The fourth-order valence-electron chi connectivity index (χ4n) is 2.57. The molecule has 2 heterocycles. The summed E-state index contributed by atoms with van der Waals surface area (Å²) in [7, 11) is 0. The van der Waals surface area contributed by atoms with E-state index in [0.717, 1.165) is 24.2 Å². The molecule has 0 saturated heterocycles. The Balaban J connectivity index is 1.46. The first-order valence-electron chi connectivity index (χ1n) is 8.72. The number of benzene rings is 1. The number of halogens is 1. The predicted octanol–water partition coefficient (Wildman–Crippen LogP) is 3.21. The average molecular weight is 388 g/mol. The molecule has 0 saturated carbocycles. The number of hydrogen-bond donors (Lipinski definition) is 1. The van der Waals surface area contributed by atoms with Gasteiger partial charge in [-0.1, -0.05) is 17.7 Å². The molecule has 0 aliphatic rings. The van der Waals surface area contributed by atoms with Crippen LogP contribution in [-0.4, -0.2) is 32.0 Å². The van der Waals surface area contributed by atoms with Gasteiger partial charge in [-0.25, -0.2) is 4.68 Å². The lowest BCUT2D eigenvalue weighted by atomic mass is 10.2. The summed E-state index contributed by atoms with van der Waals surface area (Å²) in [5.74, 6) is 0.381. The second kappa shape index (κ2) is 8.73. The number of carbonyl (C=O) groups excluding carboxylic acids is 1. The second-order valence-electron chi connectivity index (χ2n) is 6.25. The van der Waals surface area contributed by atoms with Gasteiger partial charge in [0.15, 0.2) is 6.73 Å². The maximum Gasteiger partial charge on any atom is 0.271 e. The van der Waals surface area contributed by atoms with Gasteiger partial charge in [0.2, 0.25) is 0 Å². The number of amides is 1. The Morgan fingerprint density at radius 1 is 1.26 bits per heavy atom. The minimum Gasteiger partial charge on any atom is -0.470 e. The molecule has 1 amide bonds. The zero-order valence-corrected chi connectivity index (χ0v) is 16.1. The molecule has 0 fully saturated rings. The fraction of sp³-hybridized carbons (Fsp3) is 0.316. The van der Waals surface area contributed by atoms with Gasteiger partial charge in [-0.3, -0.25) is 9.48 Å². The molecule has 7 nitrogen and oxygen atoms in total. The number of nitrogens with one attached hydrogen (secondary N) is 1. The number of nitrogens with zero attached hydrogens (tertiary/aromatic N) is 4. The molecular weight excluding hydrogens is 366 g/mol. The van der Waals surface area contributed by atoms with Crippen LogP contribution in [0.5, 0.6) is 5.75 Å². The molecule has 0 spiro atoms. The number of rotatable bonds is 8. The zero-order chi connectivity index (χ0) is 19.2. The molecular formula is C19H22ClN5O2. The summed E-state index contributed by atoms with van der Waals surface area (Å²) in [6, 6.07) is 9.18. The molecule has 3 aromatic rings. The van der Waals surface area contributed by atoms with E-state index in [1.807, 2.05) is 36.7 Å². The molecule has 0 atom stereocenters. The van der Waals surface area contributed by atoms with E-state index in [1.54, 1.807) is 29.2 Å². The largest absolute Gasteiger partial charge is 0.470 e. The van der Waals surface area contributed by atoms with Crippen LogP contribution in [0.15, 0.2) is 42.7 Å². The Hall–Kier alpha value is -2.80. The monoisotopic (exact) mass is 387 g/mol. The molecule has 3 rings (SSSR count). The average Bonchev–Trinajstić information content (AvgIpc) is 3.28. The van der Waals surface area contributed by atoms with Crippen LogP contribution in [0.25, 0.3) is 0 Å².